The molecule has 1 aromatic carbocycles. The third-order valence-corrected chi connectivity index (χ3v) is 7.71. The smallest absolute Gasteiger partial charge is 0.236 e. The highest BCUT2D eigenvalue weighted by Gasteiger charge is 2.32. The van der Waals surface area contributed by atoms with E-state index in [-0.39, 0.29) is 11.2 Å². The molecule has 2 aliphatic rings. The second-order valence-electron chi connectivity index (χ2n) is 7.83. The van der Waals surface area contributed by atoms with Crippen LogP contribution in [0.3, 0.4) is 0 Å². The molecule has 5 rings (SSSR count). The van der Waals surface area contributed by atoms with Crippen LogP contribution in [0.2, 0.25) is 0 Å². The summed E-state index contributed by atoms with van der Waals surface area (Å²) in [5, 5.41) is 11.8. The third-order valence-electron chi connectivity index (χ3n) is 5.62. The van der Waals surface area contributed by atoms with Crippen molar-refractivity contribution in [1.82, 2.24) is 19.7 Å². The number of thiophene rings is 1. The van der Waals surface area contributed by atoms with Gasteiger partial charge in [-0.15, -0.1) is 21.5 Å². The molecule has 1 amide bonds. The van der Waals surface area contributed by atoms with Gasteiger partial charge in [0.2, 0.25) is 5.91 Å². The van der Waals surface area contributed by atoms with Crippen LogP contribution in [0.15, 0.2) is 46.9 Å². The van der Waals surface area contributed by atoms with Crippen LogP contribution in [0.5, 0.6) is 0 Å². The molecule has 0 radical (unpaired) electrons. The molecule has 0 spiro atoms. The fourth-order valence-corrected chi connectivity index (χ4v) is 5.68. The minimum absolute atomic E-state index is 0.180. The van der Waals surface area contributed by atoms with Crippen LogP contribution in [0.4, 0.5) is 0 Å². The molecular formula is C22H24N4OS2. The molecule has 7 heteroatoms. The van der Waals surface area contributed by atoms with Crippen molar-refractivity contribution in [3.63, 3.8) is 0 Å². The molecule has 29 heavy (non-hydrogen) atoms. The monoisotopic (exact) mass is 424 g/mol. The van der Waals surface area contributed by atoms with Gasteiger partial charge in [-0.2, -0.15) is 0 Å². The lowest BCUT2D eigenvalue weighted by atomic mass is 10.1. The number of hydrogen-bond acceptors (Lipinski definition) is 5. The van der Waals surface area contributed by atoms with Crippen LogP contribution < -0.4 is 0 Å². The minimum atomic E-state index is -0.180. The lowest BCUT2D eigenvalue weighted by Gasteiger charge is -2.29. The molecule has 3 aromatic rings. The zero-order valence-electron chi connectivity index (χ0n) is 16.5. The summed E-state index contributed by atoms with van der Waals surface area (Å²) in [4.78, 5) is 16.5. The average Bonchev–Trinajstić information content (AvgIpc) is 3.35. The van der Waals surface area contributed by atoms with Crippen LogP contribution in [-0.4, -0.2) is 37.4 Å². The lowest BCUT2D eigenvalue weighted by molar-refractivity contribution is -0.131. The van der Waals surface area contributed by atoms with Crippen molar-refractivity contribution in [1.29, 1.82) is 0 Å². The van der Waals surface area contributed by atoms with E-state index in [0.29, 0.717) is 5.92 Å². The number of amides is 1. The van der Waals surface area contributed by atoms with E-state index in [1.165, 1.54) is 28.8 Å². The van der Waals surface area contributed by atoms with E-state index < -0.39 is 0 Å². The topological polar surface area (TPSA) is 51.0 Å². The van der Waals surface area contributed by atoms with Gasteiger partial charge in [-0.05, 0) is 48.8 Å². The molecule has 1 atom stereocenters. The van der Waals surface area contributed by atoms with E-state index in [2.05, 4.69) is 50.5 Å². The van der Waals surface area contributed by atoms with E-state index in [1.807, 2.05) is 17.9 Å². The Labute approximate surface area is 179 Å². The van der Waals surface area contributed by atoms with Crippen molar-refractivity contribution >= 4 is 29.0 Å². The maximum atomic E-state index is 13.1. The molecule has 0 bridgehead atoms. The highest BCUT2D eigenvalue weighted by Crippen LogP contribution is 2.40. The molecular weight excluding hydrogens is 400 g/mol. The Bertz CT molecular complexity index is 1010. The lowest BCUT2D eigenvalue weighted by Crippen LogP contribution is -2.39. The Balaban J connectivity index is 1.32. The normalized spacial score (nSPS) is 17.2. The number of thioether (sulfide) groups is 1. The van der Waals surface area contributed by atoms with E-state index in [9.17, 15) is 4.79 Å². The summed E-state index contributed by atoms with van der Waals surface area (Å²) in [6, 6.07) is 12.6. The first-order valence-electron chi connectivity index (χ1n) is 10.2. The van der Waals surface area contributed by atoms with Crippen LogP contribution in [0.25, 0.3) is 0 Å². The van der Waals surface area contributed by atoms with Gasteiger partial charge in [-0.1, -0.05) is 42.1 Å². The number of carbonyl (C=O) groups is 1. The quantitative estimate of drug-likeness (QED) is 0.553. The molecule has 0 saturated heterocycles. The van der Waals surface area contributed by atoms with E-state index in [0.717, 1.165) is 37.0 Å². The molecule has 1 aliphatic heterocycles. The standard InChI is InChI=1S/C22H24N4OS2/c1-15(21(27)25-11-9-19-18(14-25)10-12-28-19)29-22-24-23-20(17-7-8-17)26(22)13-16-5-3-2-4-6-16/h2-6,10,12,15,17H,7-9,11,13-14H2,1H3. The van der Waals surface area contributed by atoms with Crippen LogP contribution in [0.1, 0.15) is 47.5 Å². The number of aromatic nitrogens is 3. The summed E-state index contributed by atoms with van der Waals surface area (Å²) >= 11 is 3.34. The molecule has 2 aromatic heterocycles. The number of fused-ring (bicyclic) bond motifs is 1. The van der Waals surface area contributed by atoms with Crippen LogP contribution in [0, 0.1) is 0 Å². The molecule has 3 heterocycles. The average molecular weight is 425 g/mol. The SMILES string of the molecule is CC(Sc1nnc(C2CC2)n1Cc1ccccc1)C(=O)N1CCc2sccc2C1. The summed E-state index contributed by atoms with van der Waals surface area (Å²) in [5.74, 6) is 1.77. The van der Waals surface area contributed by atoms with Crippen LogP contribution >= 0.6 is 23.1 Å². The Morgan fingerprint density at radius 1 is 1.24 bits per heavy atom. The van der Waals surface area contributed by atoms with Crippen LogP contribution in [-0.2, 0) is 24.3 Å². The second kappa shape index (κ2) is 7.95. The van der Waals surface area contributed by atoms with Gasteiger partial charge in [0.1, 0.15) is 5.82 Å². The van der Waals surface area contributed by atoms with Gasteiger partial charge in [-0.3, -0.25) is 4.79 Å². The molecule has 0 N–H and O–H groups in total. The van der Waals surface area contributed by atoms with Gasteiger partial charge in [-0.25, -0.2) is 0 Å². The van der Waals surface area contributed by atoms with Crippen molar-refractivity contribution in [3.05, 3.63) is 63.6 Å². The first kappa shape index (κ1) is 18.9. The number of nitrogens with zero attached hydrogens (tertiary/aromatic N) is 4. The van der Waals surface area contributed by atoms with E-state index in [1.54, 1.807) is 23.1 Å². The maximum Gasteiger partial charge on any atom is 0.236 e. The first-order chi connectivity index (χ1) is 14.2. The maximum absolute atomic E-state index is 13.1. The summed E-state index contributed by atoms with van der Waals surface area (Å²) < 4.78 is 2.22. The van der Waals surface area contributed by atoms with Gasteiger partial charge in [0.05, 0.1) is 11.8 Å². The first-order valence-corrected chi connectivity index (χ1v) is 11.9. The van der Waals surface area contributed by atoms with Gasteiger partial charge in [0.25, 0.3) is 0 Å². The number of hydrogen-bond donors (Lipinski definition) is 0. The Kier molecular flexibility index (Phi) is 5.18. The highest BCUT2D eigenvalue weighted by molar-refractivity contribution is 8.00. The van der Waals surface area contributed by atoms with Crippen molar-refractivity contribution in [2.45, 2.75) is 55.6 Å². The highest BCUT2D eigenvalue weighted by atomic mass is 32.2. The van der Waals surface area contributed by atoms with Gasteiger partial charge in [0.15, 0.2) is 5.16 Å². The zero-order chi connectivity index (χ0) is 19.8. The van der Waals surface area contributed by atoms with Crippen molar-refractivity contribution in [2.75, 3.05) is 6.54 Å². The Morgan fingerprint density at radius 2 is 2.07 bits per heavy atom. The number of carbonyl (C=O) groups excluding carboxylic acids is 1. The minimum Gasteiger partial charge on any atom is -0.337 e. The molecule has 1 aliphatic carbocycles. The number of rotatable bonds is 6. The van der Waals surface area contributed by atoms with E-state index in [4.69, 9.17) is 0 Å². The van der Waals surface area contributed by atoms with E-state index >= 15 is 0 Å². The third kappa shape index (κ3) is 3.98. The zero-order valence-corrected chi connectivity index (χ0v) is 18.1. The molecule has 1 fully saturated rings. The van der Waals surface area contributed by atoms with Gasteiger partial charge in [0, 0.05) is 23.9 Å². The largest absolute Gasteiger partial charge is 0.337 e. The summed E-state index contributed by atoms with van der Waals surface area (Å²) in [5.41, 5.74) is 2.53. The predicted octanol–water partition coefficient (Wildman–Crippen LogP) is 4.33. The molecule has 5 nitrogen and oxygen atoms in total. The molecule has 1 saturated carbocycles. The van der Waals surface area contributed by atoms with Gasteiger partial charge < -0.3 is 9.47 Å². The Morgan fingerprint density at radius 3 is 2.86 bits per heavy atom. The van der Waals surface area contributed by atoms with Crippen molar-refractivity contribution in [2.24, 2.45) is 0 Å². The van der Waals surface area contributed by atoms with Gasteiger partial charge >= 0.3 is 0 Å². The molecule has 150 valence electrons. The summed E-state index contributed by atoms with van der Waals surface area (Å²) in [6.07, 6.45) is 3.33. The molecule has 1 unspecified atom stereocenters. The fraction of sp³-hybridized carbons (Fsp3) is 0.409. The van der Waals surface area contributed by atoms with Crippen molar-refractivity contribution in [3.8, 4) is 0 Å². The summed E-state index contributed by atoms with van der Waals surface area (Å²) in [6.45, 7) is 4.28. The Hall–Kier alpha value is -2.12. The second-order valence-corrected chi connectivity index (χ2v) is 10.1. The fourth-order valence-electron chi connectivity index (χ4n) is 3.85. The predicted molar refractivity (Wildman–Crippen MR) is 116 cm³/mol. The summed E-state index contributed by atoms with van der Waals surface area (Å²) in [7, 11) is 0. The van der Waals surface area contributed by atoms with Crippen molar-refractivity contribution < 1.29 is 4.79 Å². The number of benzene rings is 1.